The molecule has 0 unspecified atom stereocenters. The lowest BCUT2D eigenvalue weighted by atomic mass is 9.86. The normalized spacial score (nSPS) is 13.7. The fraction of sp³-hybridized carbons (Fsp3) is 0.385. The van der Waals surface area contributed by atoms with Crippen LogP contribution in [0.25, 0.3) is 5.69 Å². The van der Waals surface area contributed by atoms with Crippen molar-refractivity contribution in [3.8, 4) is 11.4 Å². The monoisotopic (exact) mass is 246 g/mol. The Kier molecular flexibility index (Phi) is 2.14. The maximum Gasteiger partial charge on any atom is 0.446 e. The summed E-state index contributed by atoms with van der Waals surface area (Å²) in [5, 5.41) is 3.70. The van der Waals surface area contributed by atoms with E-state index in [1.807, 2.05) is 18.2 Å². The molecule has 0 N–H and O–H groups in total. The van der Waals surface area contributed by atoms with E-state index >= 15 is 0 Å². The third-order valence-corrected chi connectivity index (χ3v) is 3.09. The van der Waals surface area contributed by atoms with Gasteiger partial charge in [0.25, 0.3) is 0 Å². The number of aromatic nitrogens is 2. The van der Waals surface area contributed by atoms with Crippen molar-refractivity contribution in [3.05, 3.63) is 40.1 Å². The second-order valence-electron chi connectivity index (χ2n) is 5.42. The minimum absolute atomic E-state index is 0.00735. The van der Waals surface area contributed by atoms with Crippen molar-refractivity contribution in [3.63, 3.8) is 0 Å². The van der Waals surface area contributed by atoms with Crippen LogP contribution < -0.4 is 10.5 Å². The summed E-state index contributed by atoms with van der Waals surface area (Å²) in [6.45, 7) is 6.62. The molecule has 0 fully saturated rings. The molecule has 94 valence electrons. The topological polar surface area (TPSA) is 57.3 Å². The van der Waals surface area contributed by atoms with Crippen LogP contribution >= 0.6 is 0 Å². The lowest BCUT2D eigenvalue weighted by molar-refractivity contribution is 0.273. The molecule has 0 saturated carbocycles. The number of nitrogens with zero attached hydrogens (tertiary/aromatic N) is 2. The zero-order chi connectivity index (χ0) is 12.9. The van der Waals surface area contributed by atoms with E-state index in [0.717, 1.165) is 5.56 Å². The highest BCUT2D eigenvalue weighted by Gasteiger charge is 2.24. The van der Waals surface area contributed by atoms with E-state index < -0.39 is 5.76 Å². The standard InChI is InChI=1S/C13H14N2O3/c1-13(2,3)8-4-5-10-9(6-8)15-11(7-17-10)14-18-12(15)16/h4-6H,7H2,1-3H3. The zero-order valence-electron chi connectivity index (χ0n) is 10.6. The molecular weight excluding hydrogens is 232 g/mol. The molecule has 1 aromatic carbocycles. The van der Waals surface area contributed by atoms with Crippen LogP contribution in [0, 0.1) is 0 Å². The molecule has 0 bridgehead atoms. The molecule has 18 heavy (non-hydrogen) atoms. The van der Waals surface area contributed by atoms with Crippen molar-refractivity contribution < 1.29 is 9.26 Å². The Labute approximate surface area is 104 Å². The van der Waals surface area contributed by atoms with Gasteiger partial charge in [0.2, 0.25) is 0 Å². The van der Waals surface area contributed by atoms with E-state index in [1.165, 1.54) is 4.57 Å². The second-order valence-corrected chi connectivity index (χ2v) is 5.42. The SMILES string of the molecule is CC(C)(C)c1ccc2c(c1)-n1c(noc1=O)CO2. The van der Waals surface area contributed by atoms with Gasteiger partial charge in [-0.15, -0.1) is 0 Å². The van der Waals surface area contributed by atoms with Crippen molar-refractivity contribution in [2.24, 2.45) is 0 Å². The smallest absolute Gasteiger partial charge is 0.446 e. The molecule has 0 amide bonds. The number of rotatable bonds is 0. The highest BCUT2D eigenvalue weighted by Crippen LogP contribution is 2.32. The van der Waals surface area contributed by atoms with Gasteiger partial charge in [-0.05, 0) is 23.1 Å². The van der Waals surface area contributed by atoms with Gasteiger partial charge in [-0.3, -0.25) is 4.52 Å². The van der Waals surface area contributed by atoms with E-state index in [9.17, 15) is 4.79 Å². The Morgan fingerprint density at radius 1 is 1.33 bits per heavy atom. The summed E-state index contributed by atoms with van der Waals surface area (Å²) in [6.07, 6.45) is 0. The predicted octanol–water partition coefficient (Wildman–Crippen LogP) is 2.02. The van der Waals surface area contributed by atoms with Crippen LogP contribution in [0.5, 0.6) is 5.75 Å². The molecule has 2 aromatic rings. The largest absolute Gasteiger partial charge is 0.483 e. The van der Waals surface area contributed by atoms with Crippen LogP contribution in [0.2, 0.25) is 0 Å². The summed E-state index contributed by atoms with van der Waals surface area (Å²) < 4.78 is 11.7. The van der Waals surface area contributed by atoms with E-state index in [-0.39, 0.29) is 12.0 Å². The van der Waals surface area contributed by atoms with Crippen LogP contribution in [0.1, 0.15) is 32.2 Å². The highest BCUT2D eigenvalue weighted by atomic mass is 16.5. The average molecular weight is 246 g/mol. The Morgan fingerprint density at radius 2 is 2.11 bits per heavy atom. The van der Waals surface area contributed by atoms with Crippen molar-refractivity contribution in [1.82, 2.24) is 9.72 Å². The number of fused-ring (bicyclic) bond motifs is 3. The van der Waals surface area contributed by atoms with Crippen LogP contribution in [0.15, 0.2) is 27.5 Å². The van der Waals surface area contributed by atoms with Crippen molar-refractivity contribution >= 4 is 0 Å². The van der Waals surface area contributed by atoms with E-state index in [4.69, 9.17) is 4.74 Å². The van der Waals surface area contributed by atoms with Gasteiger partial charge in [-0.1, -0.05) is 32.0 Å². The third kappa shape index (κ3) is 1.54. The first kappa shape index (κ1) is 11.1. The van der Waals surface area contributed by atoms with Gasteiger partial charge in [-0.25, -0.2) is 9.36 Å². The van der Waals surface area contributed by atoms with E-state index in [1.54, 1.807) is 0 Å². The number of hydrogen-bond donors (Lipinski definition) is 0. The van der Waals surface area contributed by atoms with Gasteiger partial charge in [0.1, 0.15) is 5.75 Å². The summed E-state index contributed by atoms with van der Waals surface area (Å²) in [5.41, 5.74) is 1.84. The van der Waals surface area contributed by atoms with E-state index in [2.05, 4.69) is 30.5 Å². The fourth-order valence-electron chi connectivity index (χ4n) is 2.03. The van der Waals surface area contributed by atoms with Crippen LogP contribution in [-0.2, 0) is 12.0 Å². The van der Waals surface area contributed by atoms with Crippen LogP contribution in [0.3, 0.4) is 0 Å². The number of ether oxygens (including phenoxy) is 1. The lowest BCUT2D eigenvalue weighted by Gasteiger charge is -2.23. The molecule has 5 nitrogen and oxygen atoms in total. The maximum atomic E-state index is 11.7. The predicted molar refractivity (Wildman–Crippen MR) is 65.1 cm³/mol. The molecule has 1 aliphatic rings. The summed E-state index contributed by atoms with van der Waals surface area (Å²) >= 11 is 0. The van der Waals surface area contributed by atoms with Crippen molar-refractivity contribution in [2.45, 2.75) is 32.8 Å². The van der Waals surface area contributed by atoms with Crippen LogP contribution in [-0.4, -0.2) is 9.72 Å². The van der Waals surface area contributed by atoms with Crippen molar-refractivity contribution in [1.29, 1.82) is 0 Å². The second kappa shape index (κ2) is 3.48. The number of hydrogen-bond acceptors (Lipinski definition) is 4. The van der Waals surface area contributed by atoms with Gasteiger partial charge in [0.05, 0.1) is 5.69 Å². The first-order valence-corrected chi connectivity index (χ1v) is 5.82. The summed E-state index contributed by atoms with van der Waals surface area (Å²) in [6, 6.07) is 5.86. The Hall–Kier alpha value is -2.04. The maximum absolute atomic E-state index is 11.7. The number of benzene rings is 1. The first-order chi connectivity index (χ1) is 8.47. The van der Waals surface area contributed by atoms with Gasteiger partial charge < -0.3 is 4.74 Å². The van der Waals surface area contributed by atoms with Gasteiger partial charge in [0, 0.05) is 0 Å². The molecule has 3 rings (SSSR count). The van der Waals surface area contributed by atoms with E-state index in [0.29, 0.717) is 17.3 Å². The molecule has 0 atom stereocenters. The van der Waals surface area contributed by atoms with Crippen molar-refractivity contribution in [2.75, 3.05) is 0 Å². The summed E-state index contributed by atoms with van der Waals surface area (Å²) in [4.78, 5) is 11.7. The van der Waals surface area contributed by atoms with Gasteiger partial charge >= 0.3 is 5.76 Å². The molecule has 0 saturated heterocycles. The molecule has 5 heteroatoms. The lowest BCUT2D eigenvalue weighted by Crippen LogP contribution is -2.22. The first-order valence-electron chi connectivity index (χ1n) is 5.82. The summed E-state index contributed by atoms with van der Waals surface area (Å²) in [7, 11) is 0. The molecule has 2 heterocycles. The molecule has 0 radical (unpaired) electrons. The van der Waals surface area contributed by atoms with Gasteiger partial charge in [0.15, 0.2) is 12.4 Å². The van der Waals surface area contributed by atoms with Crippen LogP contribution in [0.4, 0.5) is 0 Å². The minimum atomic E-state index is -0.472. The summed E-state index contributed by atoms with van der Waals surface area (Å²) in [5.74, 6) is 0.708. The fourth-order valence-corrected chi connectivity index (χ4v) is 2.03. The third-order valence-electron chi connectivity index (χ3n) is 3.09. The molecule has 1 aliphatic heterocycles. The average Bonchev–Trinajstić information content (AvgIpc) is 2.69. The molecule has 0 spiro atoms. The minimum Gasteiger partial charge on any atom is -0.483 e. The molecular formula is C13H14N2O3. The molecule has 0 aliphatic carbocycles. The Balaban J connectivity index is 2.25. The molecule has 1 aromatic heterocycles. The van der Waals surface area contributed by atoms with Gasteiger partial charge in [-0.2, -0.15) is 0 Å². The highest BCUT2D eigenvalue weighted by molar-refractivity contribution is 5.52. The zero-order valence-corrected chi connectivity index (χ0v) is 10.6. The Morgan fingerprint density at radius 3 is 2.83 bits per heavy atom. The Bertz CT molecular complexity index is 662. The quantitative estimate of drug-likeness (QED) is 0.713.